The number of nitrogens with zero attached hydrogens (tertiary/aromatic N) is 6. The number of nitrogens with one attached hydrogen (secondary N) is 2. The Balaban J connectivity index is 1.73. The van der Waals surface area contributed by atoms with Crippen molar-refractivity contribution in [3.05, 3.63) is 23.0 Å². The van der Waals surface area contributed by atoms with Crippen LogP contribution in [0.15, 0.2) is 17.0 Å². The van der Waals surface area contributed by atoms with Crippen LogP contribution in [-0.4, -0.2) is 60.3 Å². The lowest BCUT2D eigenvalue weighted by Crippen LogP contribution is -2.43. The number of hydrogen-bond acceptors (Lipinski definition) is 10. The average Bonchev–Trinajstić information content (AvgIpc) is 3.39. The lowest BCUT2D eigenvalue weighted by atomic mass is 10.1. The van der Waals surface area contributed by atoms with Crippen LogP contribution in [0.1, 0.15) is 30.1 Å². The van der Waals surface area contributed by atoms with Crippen molar-refractivity contribution in [1.29, 1.82) is 5.26 Å². The lowest BCUT2D eigenvalue weighted by molar-refractivity contribution is 0.150. The van der Waals surface area contributed by atoms with Gasteiger partial charge in [-0.2, -0.15) is 9.98 Å². The van der Waals surface area contributed by atoms with E-state index in [0.29, 0.717) is 72.8 Å². The summed E-state index contributed by atoms with van der Waals surface area (Å²) in [4.78, 5) is 11.0. The number of hydrogen-bond donors (Lipinski definition) is 2. The van der Waals surface area contributed by atoms with Crippen LogP contribution in [0.2, 0.25) is 0 Å². The number of rotatable bonds is 6. The fraction of sp³-hybridized carbons (Fsp3) is 0.450. The monoisotopic (exact) mass is 506 g/mol. The minimum atomic E-state index is -4.06. The number of nitriles is 1. The Labute approximate surface area is 198 Å². The maximum atomic E-state index is 13.3. The number of aromatic nitrogens is 4. The van der Waals surface area contributed by atoms with E-state index in [0.717, 1.165) is 0 Å². The van der Waals surface area contributed by atoms with Gasteiger partial charge < -0.3 is 10.2 Å². The van der Waals surface area contributed by atoms with Crippen molar-refractivity contribution in [2.24, 2.45) is 0 Å². The predicted octanol–water partition coefficient (Wildman–Crippen LogP) is 2.14. The Morgan fingerprint density at radius 2 is 1.97 bits per heavy atom. The van der Waals surface area contributed by atoms with Crippen molar-refractivity contribution in [1.82, 2.24) is 30.2 Å². The van der Waals surface area contributed by atoms with Crippen molar-refractivity contribution in [2.45, 2.75) is 36.6 Å². The average molecular weight is 507 g/mol. The topological polar surface area (TPSA) is 137 Å². The molecule has 5 rings (SSSR count). The highest BCUT2D eigenvalue weighted by molar-refractivity contribution is 7.89. The molecule has 2 aliphatic rings. The standard InChI is InChI=1S/C20H20F2N8O2S2/c1-11-25-15-13(16(26-11)18-27-28-19(33-18)17(21)22)8-12(9-14(15)30-6-4-24-5-7-30)34(31,32)29-20(10-23)2-3-20/h8-9,17,24,29H,2-7H2,1H3. The molecule has 3 heterocycles. The summed E-state index contributed by atoms with van der Waals surface area (Å²) in [6.07, 6.45) is -1.90. The zero-order valence-electron chi connectivity index (χ0n) is 18.0. The van der Waals surface area contributed by atoms with Crippen LogP contribution in [0.3, 0.4) is 0 Å². The molecule has 0 radical (unpaired) electrons. The second-order valence-corrected chi connectivity index (χ2v) is 10.9. The molecule has 1 aromatic carbocycles. The van der Waals surface area contributed by atoms with Gasteiger partial charge in [0.1, 0.15) is 17.1 Å². The van der Waals surface area contributed by atoms with Crippen LogP contribution in [0, 0.1) is 18.3 Å². The van der Waals surface area contributed by atoms with E-state index in [1.54, 1.807) is 13.0 Å². The number of fused-ring (bicyclic) bond motifs is 1. The molecule has 1 aliphatic carbocycles. The van der Waals surface area contributed by atoms with Crippen LogP contribution in [0.4, 0.5) is 14.5 Å². The molecule has 178 valence electrons. The Bertz CT molecular complexity index is 1410. The summed E-state index contributed by atoms with van der Waals surface area (Å²) in [7, 11) is -4.06. The number of benzene rings is 1. The molecule has 1 saturated carbocycles. The molecule has 10 nitrogen and oxygen atoms in total. The van der Waals surface area contributed by atoms with Crippen LogP contribution in [-0.2, 0) is 10.0 Å². The molecule has 0 unspecified atom stereocenters. The van der Waals surface area contributed by atoms with Crippen molar-refractivity contribution in [3.63, 3.8) is 0 Å². The lowest BCUT2D eigenvalue weighted by Gasteiger charge is -2.30. The number of halogens is 2. The van der Waals surface area contributed by atoms with Crippen LogP contribution >= 0.6 is 11.3 Å². The molecular formula is C20H20F2N8O2S2. The summed E-state index contributed by atoms with van der Waals surface area (Å²) < 4.78 is 55.4. The summed E-state index contributed by atoms with van der Waals surface area (Å²) in [5, 5.41) is 20.1. The molecule has 0 atom stereocenters. The van der Waals surface area contributed by atoms with Gasteiger partial charge in [0.2, 0.25) is 10.0 Å². The van der Waals surface area contributed by atoms with Gasteiger partial charge in [-0.05, 0) is 31.9 Å². The smallest absolute Gasteiger partial charge is 0.291 e. The maximum Gasteiger partial charge on any atom is 0.291 e. The van der Waals surface area contributed by atoms with Crippen molar-refractivity contribution >= 4 is 38.0 Å². The molecule has 1 saturated heterocycles. The summed E-state index contributed by atoms with van der Waals surface area (Å²) in [6.45, 7) is 4.34. The molecule has 2 aromatic heterocycles. The summed E-state index contributed by atoms with van der Waals surface area (Å²) in [5.41, 5.74) is 0.230. The van der Waals surface area contributed by atoms with Crippen LogP contribution in [0.25, 0.3) is 21.6 Å². The highest BCUT2D eigenvalue weighted by atomic mass is 32.2. The van der Waals surface area contributed by atoms with Crippen molar-refractivity contribution in [3.8, 4) is 16.8 Å². The fourth-order valence-electron chi connectivity index (χ4n) is 3.86. The molecule has 3 aromatic rings. The normalized spacial score (nSPS) is 17.8. The highest BCUT2D eigenvalue weighted by Crippen LogP contribution is 2.39. The van der Waals surface area contributed by atoms with Gasteiger partial charge in [0.15, 0.2) is 10.0 Å². The maximum absolute atomic E-state index is 13.3. The molecular weight excluding hydrogens is 486 g/mol. The first-order chi connectivity index (χ1) is 16.2. The number of alkyl halides is 2. The van der Waals surface area contributed by atoms with Gasteiger partial charge in [-0.25, -0.2) is 27.2 Å². The molecule has 0 amide bonds. The van der Waals surface area contributed by atoms with E-state index in [1.807, 2.05) is 11.0 Å². The zero-order valence-corrected chi connectivity index (χ0v) is 19.7. The van der Waals surface area contributed by atoms with E-state index in [2.05, 4.69) is 30.2 Å². The number of sulfonamides is 1. The van der Waals surface area contributed by atoms with Gasteiger partial charge in [0.05, 0.1) is 22.2 Å². The van der Waals surface area contributed by atoms with E-state index >= 15 is 0 Å². The van der Waals surface area contributed by atoms with Crippen LogP contribution in [0.5, 0.6) is 0 Å². The molecule has 0 spiro atoms. The van der Waals surface area contributed by atoms with E-state index in [1.165, 1.54) is 6.07 Å². The minimum absolute atomic E-state index is 0.0534. The van der Waals surface area contributed by atoms with E-state index in [4.69, 9.17) is 0 Å². The van der Waals surface area contributed by atoms with E-state index in [-0.39, 0.29) is 15.6 Å². The molecule has 2 N–H and O–H groups in total. The van der Waals surface area contributed by atoms with Gasteiger partial charge in [-0.1, -0.05) is 11.3 Å². The quantitative estimate of drug-likeness (QED) is 0.515. The number of aryl methyl sites for hydroxylation is 1. The summed E-state index contributed by atoms with van der Waals surface area (Å²) >= 11 is 0.702. The van der Waals surface area contributed by atoms with E-state index < -0.39 is 27.0 Å². The van der Waals surface area contributed by atoms with Crippen LogP contribution < -0.4 is 14.9 Å². The predicted molar refractivity (Wildman–Crippen MR) is 121 cm³/mol. The molecule has 14 heteroatoms. The first kappa shape index (κ1) is 22.9. The first-order valence-electron chi connectivity index (χ1n) is 10.6. The molecule has 0 bridgehead atoms. The minimum Gasteiger partial charge on any atom is -0.367 e. The zero-order chi connectivity index (χ0) is 24.1. The Morgan fingerprint density at radius 1 is 1.24 bits per heavy atom. The van der Waals surface area contributed by atoms with Gasteiger partial charge in [-0.3, -0.25) is 0 Å². The molecule has 34 heavy (non-hydrogen) atoms. The largest absolute Gasteiger partial charge is 0.367 e. The van der Waals surface area contributed by atoms with Crippen molar-refractivity contribution in [2.75, 3.05) is 31.1 Å². The molecule has 1 aliphatic heterocycles. The van der Waals surface area contributed by atoms with Gasteiger partial charge in [0, 0.05) is 31.6 Å². The van der Waals surface area contributed by atoms with E-state index in [9.17, 15) is 22.5 Å². The van der Waals surface area contributed by atoms with Crippen molar-refractivity contribution < 1.29 is 17.2 Å². The van der Waals surface area contributed by atoms with Gasteiger partial charge in [0.25, 0.3) is 6.43 Å². The van der Waals surface area contributed by atoms with Gasteiger partial charge in [-0.15, -0.1) is 10.2 Å². The third kappa shape index (κ3) is 4.20. The Morgan fingerprint density at radius 3 is 2.59 bits per heavy atom. The number of anilines is 1. The Kier molecular flexibility index (Phi) is 5.67. The van der Waals surface area contributed by atoms with Gasteiger partial charge >= 0.3 is 0 Å². The highest BCUT2D eigenvalue weighted by Gasteiger charge is 2.47. The first-order valence-corrected chi connectivity index (χ1v) is 12.9. The third-order valence-corrected chi connectivity index (χ3v) is 8.21. The second-order valence-electron chi connectivity index (χ2n) is 8.24. The third-order valence-electron chi connectivity index (χ3n) is 5.76. The Hall–Kier alpha value is -2.86. The molecule has 2 fully saturated rings. The second kappa shape index (κ2) is 8.42. The fourth-order valence-corrected chi connectivity index (χ4v) is 5.99. The summed E-state index contributed by atoms with van der Waals surface area (Å²) in [5.74, 6) is 0.392. The summed E-state index contributed by atoms with van der Waals surface area (Å²) in [6, 6.07) is 4.99. The SMILES string of the molecule is Cc1nc(-c2nnc(C(F)F)s2)c2cc(S(=O)(=O)NC3(C#N)CC3)cc(N3CCNCC3)c2n1. The number of piperazine rings is 1.